The third kappa shape index (κ3) is 2.25. The number of hydrogen-bond donors (Lipinski definition) is 1. The highest BCUT2D eigenvalue weighted by molar-refractivity contribution is 6.31. The lowest BCUT2D eigenvalue weighted by Crippen LogP contribution is -2.23. The van der Waals surface area contributed by atoms with Gasteiger partial charge in [-0.15, -0.1) is 0 Å². The van der Waals surface area contributed by atoms with E-state index in [1.165, 1.54) is 11.3 Å². The first-order valence-electron chi connectivity index (χ1n) is 7.22. The van der Waals surface area contributed by atoms with Crippen LogP contribution in [0.3, 0.4) is 0 Å². The molecule has 1 N–H and O–H groups in total. The van der Waals surface area contributed by atoms with Crippen molar-refractivity contribution in [1.82, 2.24) is 9.97 Å². The Balaban J connectivity index is 1.72. The summed E-state index contributed by atoms with van der Waals surface area (Å²) in [6.45, 7) is 1.53. The average molecular weight is 312 g/mol. The largest absolute Gasteiger partial charge is 0.364 e. The molecule has 1 aliphatic rings. The number of H-pyrrole nitrogens is 1. The Hall–Kier alpha value is -2.33. The average Bonchev–Trinajstić information content (AvgIpc) is 2.90. The number of halogens is 1. The minimum Gasteiger partial charge on any atom is -0.364 e. The van der Waals surface area contributed by atoms with E-state index in [0.717, 1.165) is 13.0 Å². The Bertz CT molecular complexity index is 919. The van der Waals surface area contributed by atoms with Gasteiger partial charge in [0.25, 0.3) is 5.56 Å². The first kappa shape index (κ1) is 13.3. The van der Waals surface area contributed by atoms with E-state index in [4.69, 9.17) is 11.6 Å². The molecule has 0 saturated carbocycles. The summed E-state index contributed by atoms with van der Waals surface area (Å²) >= 11 is 6.00. The lowest BCUT2D eigenvalue weighted by Gasteiger charge is -2.18. The zero-order chi connectivity index (χ0) is 15.1. The van der Waals surface area contributed by atoms with E-state index in [-0.39, 0.29) is 5.56 Å². The number of benzene rings is 2. The van der Waals surface area contributed by atoms with Crippen LogP contribution in [0.15, 0.2) is 47.3 Å². The topological polar surface area (TPSA) is 49.0 Å². The number of fused-ring (bicyclic) bond motifs is 2. The van der Waals surface area contributed by atoms with Crippen molar-refractivity contribution < 1.29 is 0 Å². The van der Waals surface area contributed by atoms with Crippen LogP contribution < -0.4 is 10.5 Å². The molecule has 4 rings (SSSR count). The summed E-state index contributed by atoms with van der Waals surface area (Å²) < 4.78 is 0. The van der Waals surface area contributed by atoms with Gasteiger partial charge in [0.2, 0.25) is 0 Å². The number of aromatic amines is 1. The molecule has 110 valence electrons. The number of nitrogens with one attached hydrogen (secondary N) is 1. The van der Waals surface area contributed by atoms with Gasteiger partial charge in [-0.3, -0.25) is 4.79 Å². The van der Waals surface area contributed by atoms with Crippen molar-refractivity contribution in [1.29, 1.82) is 0 Å². The van der Waals surface area contributed by atoms with Crippen molar-refractivity contribution in [2.45, 2.75) is 13.0 Å². The van der Waals surface area contributed by atoms with Crippen LogP contribution in [0.1, 0.15) is 11.4 Å². The van der Waals surface area contributed by atoms with Crippen molar-refractivity contribution in [3.63, 3.8) is 0 Å². The number of aromatic nitrogens is 2. The fraction of sp³-hybridized carbons (Fsp3) is 0.176. The van der Waals surface area contributed by atoms with Crippen LogP contribution in [0.5, 0.6) is 0 Å². The van der Waals surface area contributed by atoms with Crippen LogP contribution in [-0.2, 0) is 13.0 Å². The number of rotatable bonds is 2. The van der Waals surface area contributed by atoms with E-state index in [0.29, 0.717) is 28.3 Å². The molecule has 0 bridgehead atoms. The minimum absolute atomic E-state index is 0.121. The zero-order valence-electron chi connectivity index (χ0n) is 11.8. The molecule has 22 heavy (non-hydrogen) atoms. The summed E-state index contributed by atoms with van der Waals surface area (Å²) in [4.78, 5) is 21.8. The van der Waals surface area contributed by atoms with Crippen LogP contribution in [0.4, 0.5) is 5.69 Å². The molecule has 0 spiro atoms. The number of nitrogens with zero attached hydrogens (tertiary/aromatic N) is 2. The molecular weight excluding hydrogens is 298 g/mol. The van der Waals surface area contributed by atoms with Crippen molar-refractivity contribution >= 4 is 28.2 Å². The van der Waals surface area contributed by atoms with Gasteiger partial charge in [0.15, 0.2) is 0 Å². The van der Waals surface area contributed by atoms with E-state index in [1.807, 2.05) is 6.07 Å². The molecule has 0 aliphatic carbocycles. The second kappa shape index (κ2) is 5.14. The molecule has 0 unspecified atom stereocenters. The summed E-state index contributed by atoms with van der Waals surface area (Å²) in [5.74, 6) is 0.663. The van der Waals surface area contributed by atoms with Gasteiger partial charge < -0.3 is 9.88 Å². The SMILES string of the molecule is O=c1[nH]c(CN2CCc3ccccc32)nc2cc(Cl)ccc12. The first-order valence-corrected chi connectivity index (χ1v) is 7.60. The second-order valence-electron chi connectivity index (χ2n) is 5.47. The molecule has 0 fully saturated rings. The third-order valence-electron chi connectivity index (χ3n) is 4.04. The summed E-state index contributed by atoms with van der Waals surface area (Å²) in [7, 11) is 0. The smallest absolute Gasteiger partial charge is 0.258 e. The Morgan fingerprint density at radius 2 is 2.09 bits per heavy atom. The van der Waals surface area contributed by atoms with Crippen molar-refractivity contribution in [3.8, 4) is 0 Å². The fourth-order valence-electron chi connectivity index (χ4n) is 2.99. The Morgan fingerprint density at radius 3 is 3.00 bits per heavy atom. The van der Waals surface area contributed by atoms with E-state index in [9.17, 15) is 4.79 Å². The quantitative estimate of drug-likeness (QED) is 0.791. The van der Waals surface area contributed by atoms with Gasteiger partial charge in [-0.05, 0) is 36.2 Å². The van der Waals surface area contributed by atoms with Gasteiger partial charge in [-0.2, -0.15) is 0 Å². The minimum atomic E-state index is -0.121. The molecule has 2 aromatic carbocycles. The standard InChI is InChI=1S/C17H14ClN3O/c18-12-5-6-13-14(9-12)19-16(20-17(13)22)10-21-8-7-11-3-1-2-4-15(11)21/h1-6,9H,7-8,10H2,(H,19,20,22). The molecule has 2 heterocycles. The Kier molecular flexibility index (Phi) is 3.12. The maximum atomic E-state index is 12.2. The van der Waals surface area contributed by atoms with Crippen LogP contribution in [0, 0.1) is 0 Å². The van der Waals surface area contributed by atoms with Crippen molar-refractivity contribution in [2.24, 2.45) is 0 Å². The van der Waals surface area contributed by atoms with Gasteiger partial charge in [0.1, 0.15) is 5.82 Å². The van der Waals surface area contributed by atoms with Gasteiger partial charge in [0.05, 0.1) is 17.4 Å². The summed E-state index contributed by atoms with van der Waals surface area (Å²) in [5.41, 5.74) is 3.08. The van der Waals surface area contributed by atoms with Gasteiger partial charge in [0, 0.05) is 17.3 Å². The normalized spacial score (nSPS) is 13.6. The molecule has 1 aliphatic heterocycles. The van der Waals surface area contributed by atoms with E-state index >= 15 is 0 Å². The molecule has 1 aromatic heterocycles. The van der Waals surface area contributed by atoms with Gasteiger partial charge >= 0.3 is 0 Å². The molecule has 0 amide bonds. The van der Waals surface area contributed by atoms with Crippen molar-refractivity contribution in [2.75, 3.05) is 11.4 Å². The number of hydrogen-bond acceptors (Lipinski definition) is 3. The number of para-hydroxylation sites is 1. The molecule has 3 aromatic rings. The monoisotopic (exact) mass is 311 g/mol. The van der Waals surface area contributed by atoms with Crippen LogP contribution in [0.2, 0.25) is 5.02 Å². The lowest BCUT2D eigenvalue weighted by molar-refractivity contribution is 0.787. The second-order valence-corrected chi connectivity index (χ2v) is 5.91. The van der Waals surface area contributed by atoms with Crippen molar-refractivity contribution in [3.05, 3.63) is 69.2 Å². The summed E-state index contributed by atoms with van der Waals surface area (Å²) in [6, 6.07) is 13.5. The third-order valence-corrected chi connectivity index (χ3v) is 4.28. The lowest BCUT2D eigenvalue weighted by atomic mass is 10.2. The van der Waals surface area contributed by atoms with Crippen LogP contribution in [0.25, 0.3) is 10.9 Å². The van der Waals surface area contributed by atoms with E-state index in [2.05, 4.69) is 33.1 Å². The van der Waals surface area contributed by atoms with E-state index < -0.39 is 0 Å². The fourth-order valence-corrected chi connectivity index (χ4v) is 3.15. The number of anilines is 1. The first-order chi connectivity index (χ1) is 10.7. The summed E-state index contributed by atoms with van der Waals surface area (Å²) in [5, 5.41) is 1.15. The maximum Gasteiger partial charge on any atom is 0.258 e. The molecule has 0 saturated heterocycles. The molecule has 4 nitrogen and oxygen atoms in total. The maximum absolute atomic E-state index is 12.2. The predicted octanol–water partition coefficient (Wildman–Crippen LogP) is 3.14. The predicted molar refractivity (Wildman–Crippen MR) is 88.6 cm³/mol. The summed E-state index contributed by atoms with van der Waals surface area (Å²) in [6.07, 6.45) is 1.03. The van der Waals surface area contributed by atoms with E-state index in [1.54, 1.807) is 18.2 Å². The van der Waals surface area contributed by atoms with Crippen LogP contribution in [-0.4, -0.2) is 16.5 Å². The zero-order valence-corrected chi connectivity index (χ0v) is 12.6. The highest BCUT2D eigenvalue weighted by Crippen LogP contribution is 2.28. The Morgan fingerprint density at radius 1 is 1.23 bits per heavy atom. The molecular formula is C17H14ClN3O. The molecule has 5 heteroatoms. The Labute approximate surface area is 132 Å². The highest BCUT2D eigenvalue weighted by atomic mass is 35.5. The van der Waals surface area contributed by atoms with Gasteiger partial charge in [-0.25, -0.2) is 4.98 Å². The molecule has 0 radical (unpaired) electrons. The highest BCUT2D eigenvalue weighted by Gasteiger charge is 2.19. The molecule has 0 atom stereocenters. The van der Waals surface area contributed by atoms with Gasteiger partial charge in [-0.1, -0.05) is 29.8 Å². The van der Waals surface area contributed by atoms with Crippen LogP contribution >= 0.6 is 11.6 Å².